The quantitative estimate of drug-likeness (QED) is 0.334. The van der Waals surface area contributed by atoms with Gasteiger partial charge in [0.15, 0.2) is 11.5 Å². The number of hydrogen-bond donors (Lipinski definition) is 2. The van der Waals surface area contributed by atoms with Gasteiger partial charge in [0.25, 0.3) is 0 Å². The second kappa shape index (κ2) is 10.6. The number of ether oxygens (including phenoxy) is 2. The molecule has 2 rings (SSSR count). The Morgan fingerprint density at radius 1 is 1.04 bits per heavy atom. The highest BCUT2D eigenvalue weighted by atomic mass is 127. The lowest BCUT2D eigenvalue weighted by Crippen LogP contribution is -2.20. The van der Waals surface area contributed by atoms with E-state index in [9.17, 15) is 9.59 Å². The van der Waals surface area contributed by atoms with Crippen molar-refractivity contribution in [2.45, 2.75) is 19.8 Å². The van der Waals surface area contributed by atoms with E-state index in [0.717, 1.165) is 20.4 Å². The Bertz CT molecular complexity index is 884. The molecule has 148 valence electrons. The summed E-state index contributed by atoms with van der Waals surface area (Å²) in [6, 6.07) is 11.0. The van der Waals surface area contributed by atoms with Gasteiger partial charge < -0.3 is 14.8 Å². The third-order valence-corrected chi connectivity index (χ3v) is 4.52. The number of carbonyl (C=O) groups excluding carboxylic acids is 2. The first-order valence-corrected chi connectivity index (χ1v) is 9.60. The fraction of sp³-hybridized carbons (Fsp3) is 0.250. The number of benzene rings is 2. The number of anilines is 1. The van der Waals surface area contributed by atoms with Crippen molar-refractivity contribution in [2.75, 3.05) is 19.5 Å². The molecule has 0 heterocycles. The minimum absolute atomic E-state index is 0.0402. The van der Waals surface area contributed by atoms with E-state index in [1.165, 1.54) is 6.21 Å². The molecular weight excluding hydrogens is 473 g/mol. The van der Waals surface area contributed by atoms with Gasteiger partial charge in [0.2, 0.25) is 11.8 Å². The Balaban J connectivity index is 1.80. The summed E-state index contributed by atoms with van der Waals surface area (Å²) in [6.45, 7) is 1.92. The van der Waals surface area contributed by atoms with E-state index in [1.54, 1.807) is 32.4 Å². The maximum absolute atomic E-state index is 12.0. The Kier molecular flexibility index (Phi) is 8.24. The first-order chi connectivity index (χ1) is 13.4. The van der Waals surface area contributed by atoms with Gasteiger partial charge in [-0.15, -0.1) is 0 Å². The van der Waals surface area contributed by atoms with Crippen molar-refractivity contribution in [3.63, 3.8) is 0 Å². The molecule has 2 aromatic carbocycles. The molecule has 0 aromatic heterocycles. The molecule has 2 N–H and O–H groups in total. The van der Waals surface area contributed by atoms with Crippen LogP contribution in [0.5, 0.6) is 11.5 Å². The summed E-state index contributed by atoms with van der Waals surface area (Å²) in [7, 11) is 3.10. The van der Waals surface area contributed by atoms with Crippen LogP contribution in [0.3, 0.4) is 0 Å². The van der Waals surface area contributed by atoms with E-state index in [2.05, 4.69) is 38.4 Å². The Labute approximate surface area is 177 Å². The molecule has 0 atom stereocenters. The molecule has 0 saturated heterocycles. The smallest absolute Gasteiger partial charge is 0.240 e. The van der Waals surface area contributed by atoms with E-state index >= 15 is 0 Å². The van der Waals surface area contributed by atoms with E-state index in [4.69, 9.17) is 9.47 Å². The van der Waals surface area contributed by atoms with Crippen molar-refractivity contribution in [1.29, 1.82) is 0 Å². The zero-order chi connectivity index (χ0) is 20.5. The molecule has 28 heavy (non-hydrogen) atoms. The summed E-state index contributed by atoms with van der Waals surface area (Å²) in [5, 5.41) is 6.72. The van der Waals surface area contributed by atoms with Crippen molar-refractivity contribution in [1.82, 2.24) is 5.43 Å². The van der Waals surface area contributed by atoms with Crippen molar-refractivity contribution >= 4 is 46.3 Å². The van der Waals surface area contributed by atoms with Gasteiger partial charge >= 0.3 is 0 Å². The minimum Gasteiger partial charge on any atom is -0.493 e. The molecule has 0 fully saturated rings. The highest BCUT2D eigenvalue weighted by Crippen LogP contribution is 2.26. The number of hydrazone groups is 1. The average molecular weight is 495 g/mol. The molecule has 0 radical (unpaired) electrons. The molecule has 0 bridgehead atoms. The third-order valence-electron chi connectivity index (χ3n) is 3.85. The molecule has 0 spiro atoms. The first-order valence-electron chi connectivity index (χ1n) is 8.53. The van der Waals surface area contributed by atoms with E-state index in [1.807, 2.05) is 25.1 Å². The molecule has 2 aromatic rings. The van der Waals surface area contributed by atoms with Crippen LogP contribution in [0.1, 0.15) is 24.0 Å². The Morgan fingerprint density at radius 2 is 1.75 bits per heavy atom. The van der Waals surface area contributed by atoms with Crippen molar-refractivity contribution in [2.24, 2.45) is 5.10 Å². The number of hydrogen-bond acceptors (Lipinski definition) is 5. The summed E-state index contributed by atoms with van der Waals surface area (Å²) in [5.74, 6) is 0.618. The molecule has 2 amide bonds. The van der Waals surface area contributed by atoms with Gasteiger partial charge in [-0.25, -0.2) is 5.43 Å². The number of carbonyl (C=O) groups is 2. The zero-order valence-corrected chi connectivity index (χ0v) is 18.1. The van der Waals surface area contributed by atoms with Crippen molar-refractivity contribution in [3.8, 4) is 11.5 Å². The average Bonchev–Trinajstić information content (AvgIpc) is 2.68. The second-order valence-electron chi connectivity index (χ2n) is 5.92. The van der Waals surface area contributed by atoms with Crippen LogP contribution in [0.25, 0.3) is 0 Å². The number of nitrogens with one attached hydrogen (secondary N) is 2. The van der Waals surface area contributed by atoms with Gasteiger partial charge in [-0.1, -0.05) is 0 Å². The van der Waals surface area contributed by atoms with Crippen LogP contribution in [0.15, 0.2) is 41.5 Å². The van der Waals surface area contributed by atoms with Gasteiger partial charge in [-0.2, -0.15) is 5.10 Å². The number of rotatable bonds is 8. The number of halogens is 1. The minimum atomic E-state index is -0.341. The number of aryl methyl sites for hydroxylation is 1. The highest BCUT2D eigenvalue weighted by Gasteiger charge is 2.08. The predicted molar refractivity (Wildman–Crippen MR) is 117 cm³/mol. The maximum atomic E-state index is 12.0. The fourth-order valence-corrected chi connectivity index (χ4v) is 3.02. The van der Waals surface area contributed by atoms with E-state index in [-0.39, 0.29) is 24.7 Å². The standard InChI is InChI=1S/C20H22IN3O4/c1-13-10-15(21)5-6-16(13)23-19(25)8-9-20(26)24-22-12-14-4-7-17(27-2)18(11-14)28-3/h4-7,10-12H,8-9H2,1-3H3,(H,23,25)(H,24,26)/b22-12+. The highest BCUT2D eigenvalue weighted by molar-refractivity contribution is 14.1. The van der Waals surface area contributed by atoms with Gasteiger partial charge in [0.05, 0.1) is 20.4 Å². The lowest BCUT2D eigenvalue weighted by Gasteiger charge is -2.08. The SMILES string of the molecule is COc1ccc(/C=N/NC(=O)CCC(=O)Nc2ccc(I)cc2C)cc1OC. The summed E-state index contributed by atoms with van der Waals surface area (Å²) >= 11 is 2.21. The van der Waals surface area contributed by atoms with Crippen molar-refractivity contribution in [3.05, 3.63) is 51.1 Å². The van der Waals surface area contributed by atoms with Crippen LogP contribution in [0.4, 0.5) is 5.69 Å². The molecule has 7 nitrogen and oxygen atoms in total. The topological polar surface area (TPSA) is 89.0 Å². The zero-order valence-electron chi connectivity index (χ0n) is 15.9. The van der Waals surface area contributed by atoms with Gasteiger partial charge in [-0.3, -0.25) is 9.59 Å². The number of amides is 2. The molecule has 0 aliphatic carbocycles. The summed E-state index contributed by atoms with van der Waals surface area (Å²) in [6.07, 6.45) is 1.61. The van der Waals surface area contributed by atoms with Crippen LogP contribution < -0.4 is 20.2 Å². The number of methoxy groups -OCH3 is 2. The number of nitrogens with zero attached hydrogens (tertiary/aromatic N) is 1. The van der Waals surface area contributed by atoms with E-state index in [0.29, 0.717) is 11.5 Å². The normalized spacial score (nSPS) is 10.6. The predicted octanol–water partition coefficient (Wildman–Crippen LogP) is 3.49. The molecule has 8 heteroatoms. The summed E-state index contributed by atoms with van der Waals surface area (Å²) in [4.78, 5) is 23.9. The largest absolute Gasteiger partial charge is 0.493 e. The van der Waals surface area contributed by atoms with Gasteiger partial charge in [-0.05, 0) is 77.0 Å². The molecule has 0 aliphatic rings. The molecule has 0 aliphatic heterocycles. The monoisotopic (exact) mass is 495 g/mol. The van der Waals surface area contributed by atoms with Crippen LogP contribution in [0.2, 0.25) is 0 Å². The van der Waals surface area contributed by atoms with Crippen LogP contribution in [-0.2, 0) is 9.59 Å². The van der Waals surface area contributed by atoms with Gasteiger partial charge in [0.1, 0.15) is 0 Å². The van der Waals surface area contributed by atoms with Crippen LogP contribution in [0, 0.1) is 10.5 Å². The molecule has 0 saturated carbocycles. The third kappa shape index (κ3) is 6.52. The van der Waals surface area contributed by atoms with Crippen LogP contribution >= 0.6 is 22.6 Å². The van der Waals surface area contributed by atoms with Gasteiger partial charge in [0, 0.05) is 22.1 Å². The summed E-state index contributed by atoms with van der Waals surface area (Å²) in [5.41, 5.74) is 4.88. The first kappa shape index (κ1) is 21.7. The maximum Gasteiger partial charge on any atom is 0.240 e. The lowest BCUT2D eigenvalue weighted by molar-refractivity contribution is -0.124. The van der Waals surface area contributed by atoms with Crippen LogP contribution in [-0.4, -0.2) is 32.2 Å². The Morgan fingerprint density at radius 3 is 2.43 bits per heavy atom. The molecular formula is C20H22IN3O4. The lowest BCUT2D eigenvalue weighted by atomic mass is 10.2. The fourth-order valence-electron chi connectivity index (χ4n) is 2.37. The Hall–Kier alpha value is -2.62. The summed E-state index contributed by atoms with van der Waals surface area (Å²) < 4.78 is 11.5. The molecule has 0 unspecified atom stereocenters. The van der Waals surface area contributed by atoms with Crippen molar-refractivity contribution < 1.29 is 19.1 Å². The second-order valence-corrected chi connectivity index (χ2v) is 7.16. The van der Waals surface area contributed by atoms with E-state index < -0.39 is 0 Å².